The number of aromatic amines is 1. The third-order valence-corrected chi connectivity index (χ3v) is 5.57. The van der Waals surface area contributed by atoms with Crippen LogP contribution < -0.4 is 16.0 Å². The van der Waals surface area contributed by atoms with Crippen LogP contribution in [0.2, 0.25) is 0 Å². The first-order valence-electron chi connectivity index (χ1n) is 10.7. The normalized spacial score (nSPS) is 11.3. The smallest absolute Gasteiger partial charge is 0.349 e. The fourth-order valence-electron chi connectivity index (χ4n) is 3.89. The van der Waals surface area contributed by atoms with Crippen molar-refractivity contribution in [2.75, 3.05) is 0 Å². The Morgan fingerprint density at radius 3 is 2.46 bits per heavy atom. The fraction of sp³-hybridized carbons (Fsp3) is 0.0385. The minimum Gasteiger partial charge on any atom is -0.481 e. The highest BCUT2D eigenvalue weighted by molar-refractivity contribution is 5.87. The fourth-order valence-corrected chi connectivity index (χ4v) is 3.89. The van der Waals surface area contributed by atoms with Gasteiger partial charge in [-0.05, 0) is 34.5 Å². The average Bonchev–Trinajstić information content (AvgIpc) is 2.87. The second kappa shape index (κ2) is 9.06. The van der Waals surface area contributed by atoms with Crippen LogP contribution in [0.4, 0.5) is 5.69 Å². The summed E-state index contributed by atoms with van der Waals surface area (Å²) in [5.41, 5.74) is -0.0968. The monoisotopic (exact) mass is 466 g/mol. The number of H-pyrrole nitrogens is 1. The highest BCUT2D eigenvalue weighted by atomic mass is 16.6. The van der Waals surface area contributed by atoms with Crippen molar-refractivity contribution in [3.8, 4) is 5.75 Å². The molecule has 0 atom stereocenters. The maximum atomic E-state index is 12.8. The molecule has 0 saturated carbocycles. The zero-order valence-corrected chi connectivity index (χ0v) is 18.3. The first-order valence-corrected chi connectivity index (χ1v) is 10.7. The third kappa shape index (κ3) is 4.18. The summed E-state index contributed by atoms with van der Waals surface area (Å²) in [6, 6.07) is 24.5. The van der Waals surface area contributed by atoms with Crippen molar-refractivity contribution < 1.29 is 9.66 Å². The van der Waals surface area contributed by atoms with Gasteiger partial charge in [0.1, 0.15) is 6.61 Å². The Bertz CT molecular complexity index is 1730. The van der Waals surface area contributed by atoms with E-state index >= 15 is 0 Å². The molecule has 0 aliphatic rings. The maximum Gasteiger partial charge on any atom is 0.349 e. The van der Waals surface area contributed by atoms with E-state index < -0.39 is 16.2 Å². The summed E-state index contributed by atoms with van der Waals surface area (Å²) < 4.78 is 6.61. The molecule has 5 aromatic rings. The molecule has 1 N–H and O–H groups in total. The number of fused-ring (bicyclic) bond motifs is 2. The lowest BCUT2D eigenvalue weighted by Gasteiger charge is -2.11. The first-order chi connectivity index (χ1) is 17.0. The van der Waals surface area contributed by atoms with Crippen LogP contribution in [0.25, 0.3) is 21.7 Å². The summed E-state index contributed by atoms with van der Waals surface area (Å²) in [5, 5.41) is 18.0. The van der Waals surface area contributed by atoms with Crippen molar-refractivity contribution in [3.63, 3.8) is 0 Å². The lowest BCUT2D eigenvalue weighted by molar-refractivity contribution is -0.385. The van der Waals surface area contributed by atoms with Crippen LogP contribution in [0.3, 0.4) is 0 Å². The van der Waals surface area contributed by atoms with Gasteiger partial charge in [-0.1, -0.05) is 60.7 Å². The van der Waals surface area contributed by atoms with Gasteiger partial charge >= 0.3 is 11.4 Å². The van der Waals surface area contributed by atoms with Gasteiger partial charge in [-0.2, -0.15) is 5.10 Å². The molecule has 0 bridgehead atoms. The molecule has 0 aliphatic carbocycles. The zero-order valence-electron chi connectivity index (χ0n) is 18.3. The minimum atomic E-state index is -0.728. The summed E-state index contributed by atoms with van der Waals surface area (Å²) in [4.78, 5) is 38.9. The van der Waals surface area contributed by atoms with Gasteiger partial charge in [0.25, 0.3) is 5.56 Å². The molecule has 0 fully saturated rings. The molecule has 9 heteroatoms. The second-order valence-electron chi connectivity index (χ2n) is 7.72. The molecule has 1 heterocycles. The number of nitrogens with zero attached hydrogens (tertiary/aromatic N) is 3. The summed E-state index contributed by atoms with van der Waals surface area (Å²) in [5.74, 6) is -0.0144. The summed E-state index contributed by atoms with van der Waals surface area (Å²) >= 11 is 0. The first kappa shape index (κ1) is 21.8. The number of nitrogens with one attached hydrogen (secondary N) is 1. The highest BCUT2D eigenvalue weighted by Crippen LogP contribution is 2.31. The summed E-state index contributed by atoms with van der Waals surface area (Å²) in [7, 11) is 0. The summed E-state index contributed by atoms with van der Waals surface area (Å²) in [6.45, 7) is 0.0730. The number of benzene rings is 4. The minimum absolute atomic E-state index is 0.0144. The molecule has 35 heavy (non-hydrogen) atoms. The lowest BCUT2D eigenvalue weighted by Crippen LogP contribution is -2.32. The number of nitro groups is 1. The molecule has 5 rings (SSSR count). The third-order valence-electron chi connectivity index (χ3n) is 5.57. The predicted molar refractivity (Wildman–Crippen MR) is 133 cm³/mol. The van der Waals surface area contributed by atoms with E-state index in [1.807, 2.05) is 42.5 Å². The number of hydrogen-bond acceptors (Lipinski definition) is 6. The van der Waals surface area contributed by atoms with Crippen molar-refractivity contribution in [3.05, 3.63) is 127 Å². The van der Waals surface area contributed by atoms with E-state index in [0.29, 0.717) is 10.2 Å². The molecule has 0 spiro atoms. The molecule has 4 aromatic carbocycles. The average molecular weight is 466 g/mol. The van der Waals surface area contributed by atoms with Crippen molar-refractivity contribution in [1.29, 1.82) is 0 Å². The Morgan fingerprint density at radius 2 is 1.63 bits per heavy atom. The van der Waals surface area contributed by atoms with E-state index in [0.717, 1.165) is 16.3 Å². The van der Waals surface area contributed by atoms with Crippen molar-refractivity contribution in [2.24, 2.45) is 5.10 Å². The molecule has 0 saturated heterocycles. The van der Waals surface area contributed by atoms with Gasteiger partial charge in [0, 0.05) is 11.6 Å². The number of para-hydroxylation sites is 2. The molecular weight excluding hydrogens is 448 g/mol. The number of aromatic nitrogens is 2. The standard InChI is InChI=1S/C26H18N4O5/c31-25-21-12-3-4-13-22(21)28-26(32)29(25)27-15-18-9-6-14-23(30(33)34)24(18)35-16-19-10-5-8-17-7-1-2-11-20(17)19/h1-15H,16H2,(H,28,32). The Kier molecular flexibility index (Phi) is 5.64. The Hall–Kier alpha value is -5.05. The molecule has 0 unspecified atom stereocenters. The number of ether oxygens (including phenoxy) is 1. The molecule has 0 radical (unpaired) electrons. The molecule has 172 valence electrons. The summed E-state index contributed by atoms with van der Waals surface area (Å²) in [6.07, 6.45) is 1.21. The second-order valence-corrected chi connectivity index (χ2v) is 7.72. The van der Waals surface area contributed by atoms with Crippen LogP contribution in [-0.2, 0) is 6.61 Å². The van der Waals surface area contributed by atoms with Crippen LogP contribution >= 0.6 is 0 Å². The number of rotatable bonds is 6. The number of hydrogen-bond donors (Lipinski definition) is 1. The van der Waals surface area contributed by atoms with Crippen molar-refractivity contribution in [2.45, 2.75) is 6.61 Å². The van der Waals surface area contributed by atoms with Gasteiger partial charge in [0.05, 0.1) is 22.0 Å². The Labute approximate surface area is 197 Å². The van der Waals surface area contributed by atoms with E-state index in [4.69, 9.17) is 4.74 Å². The van der Waals surface area contributed by atoms with Gasteiger partial charge in [0.15, 0.2) is 0 Å². The van der Waals surface area contributed by atoms with Crippen LogP contribution in [-0.4, -0.2) is 20.8 Å². The largest absolute Gasteiger partial charge is 0.481 e. The van der Waals surface area contributed by atoms with E-state index in [1.165, 1.54) is 18.3 Å². The molecule has 0 aliphatic heterocycles. The van der Waals surface area contributed by atoms with E-state index in [9.17, 15) is 19.7 Å². The van der Waals surface area contributed by atoms with Crippen LogP contribution in [0.5, 0.6) is 5.75 Å². The quantitative estimate of drug-likeness (QED) is 0.228. The van der Waals surface area contributed by atoms with Gasteiger partial charge in [-0.15, -0.1) is 4.68 Å². The van der Waals surface area contributed by atoms with Crippen LogP contribution in [0.15, 0.2) is 99.6 Å². The SMILES string of the molecule is O=c1[nH]c2ccccc2c(=O)n1N=Cc1cccc([N+](=O)[O-])c1OCc1cccc2ccccc12. The van der Waals surface area contributed by atoms with Gasteiger partial charge in [-0.25, -0.2) is 4.79 Å². The Morgan fingerprint density at radius 1 is 0.914 bits per heavy atom. The number of nitro benzene ring substituents is 1. The molecule has 9 nitrogen and oxygen atoms in total. The Balaban J connectivity index is 1.55. The molecule has 0 amide bonds. The van der Waals surface area contributed by atoms with Crippen LogP contribution in [0.1, 0.15) is 11.1 Å². The van der Waals surface area contributed by atoms with Gasteiger partial charge in [0.2, 0.25) is 5.75 Å². The van der Waals surface area contributed by atoms with Crippen LogP contribution in [0, 0.1) is 10.1 Å². The predicted octanol–water partition coefficient (Wildman–Crippen LogP) is 4.21. The van der Waals surface area contributed by atoms with Crippen molar-refractivity contribution >= 4 is 33.6 Å². The van der Waals surface area contributed by atoms with E-state index in [-0.39, 0.29) is 29.0 Å². The maximum absolute atomic E-state index is 12.8. The van der Waals surface area contributed by atoms with Crippen molar-refractivity contribution in [1.82, 2.24) is 9.66 Å². The molecule has 1 aromatic heterocycles. The molecular formula is C26H18N4O5. The zero-order chi connectivity index (χ0) is 24.4. The lowest BCUT2D eigenvalue weighted by atomic mass is 10.1. The highest BCUT2D eigenvalue weighted by Gasteiger charge is 2.19. The van der Waals surface area contributed by atoms with E-state index in [2.05, 4.69) is 10.1 Å². The van der Waals surface area contributed by atoms with Gasteiger partial charge in [-0.3, -0.25) is 14.9 Å². The van der Waals surface area contributed by atoms with E-state index in [1.54, 1.807) is 30.3 Å². The van der Waals surface area contributed by atoms with Gasteiger partial charge < -0.3 is 9.72 Å². The topological polar surface area (TPSA) is 120 Å².